The summed E-state index contributed by atoms with van der Waals surface area (Å²) in [6.45, 7) is 4.15. The van der Waals surface area contributed by atoms with E-state index < -0.39 is 5.82 Å². The van der Waals surface area contributed by atoms with Crippen LogP contribution in [-0.2, 0) is 4.79 Å². The zero-order valence-corrected chi connectivity index (χ0v) is 17.1. The number of ether oxygens (including phenoxy) is 1. The number of hydrogen-bond donors (Lipinski definition) is 2. The molecule has 1 aromatic heterocycles. The predicted octanol–water partition coefficient (Wildman–Crippen LogP) is 2.84. The number of hydrogen-bond acceptors (Lipinski definition) is 7. The number of carbonyl (C=O) groups excluding carboxylic acids is 1. The standard InChI is InChI=1S/C21H23FN6O2/c1-11-18-19(28(3)12(2)20(29)26-18)27-21(24-11)25-16-6-13(7-16)10-30-17-5-4-15(22)8-14(17)9-23/h4-5,8,12-13,16H,6-7,10H2,1-3H3,(H,26,29)(H,24,25,27)/t12-,13-,16+/m0/s1. The number of nitrogens with one attached hydrogen (secondary N) is 2. The molecule has 1 fully saturated rings. The Bertz CT molecular complexity index is 1030. The van der Waals surface area contributed by atoms with Crippen LogP contribution in [-0.4, -0.2) is 41.6 Å². The van der Waals surface area contributed by atoms with Crippen LogP contribution in [0.1, 0.15) is 31.0 Å². The Morgan fingerprint density at radius 3 is 2.90 bits per heavy atom. The number of anilines is 3. The van der Waals surface area contributed by atoms with E-state index in [9.17, 15) is 9.18 Å². The molecule has 1 amide bonds. The number of halogens is 1. The molecule has 0 radical (unpaired) electrons. The lowest BCUT2D eigenvalue weighted by atomic mass is 9.81. The average Bonchev–Trinajstić information content (AvgIpc) is 2.69. The maximum Gasteiger partial charge on any atom is 0.246 e. The zero-order chi connectivity index (χ0) is 21.4. The van der Waals surface area contributed by atoms with Crippen molar-refractivity contribution in [3.05, 3.63) is 35.3 Å². The summed E-state index contributed by atoms with van der Waals surface area (Å²) in [4.78, 5) is 23.0. The summed E-state index contributed by atoms with van der Waals surface area (Å²) < 4.78 is 18.9. The van der Waals surface area contributed by atoms with Gasteiger partial charge in [0.2, 0.25) is 11.9 Å². The van der Waals surface area contributed by atoms with Gasteiger partial charge in [-0.05, 0) is 50.8 Å². The van der Waals surface area contributed by atoms with Crippen LogP contribution < -0.4 is 20.3 Å². The van der Waals surface area contributed by atoms with Crippen molar-refractivity contribution in [1.82, 2.24) is 9.97 Å². The van der Waals surface area contributed by atoms with Gasteiger partial charge in [-0.1, -0.05) is 0 Å². The van der Waals surface area contributed by atoms with E-state index in [1.165, 1.54) is 18.2 Å². The van der Waals surface area contributed by atoms with Crippen molar-refractivity contribution in [2.24, 2.45) is 5.92 Å². The van der Waals surface area contributed by atoms with Crippen molar-refractivity contribution in [2.75, 3.05) is 29.2 Å². The first-order valence-electron chi connectivity index (χ1n) is 9.87. The number of carbonyl (C=O) groups is 1. The van der Waals surface area contributed by atoms with Crippen molar-refractivity contribution in [3.63, 3.8) is 0 Å². The van der Waals surface area contributed by atoms with Crippen LogP contribution in [0.3, 0.4) is 0 Å². The molecule has 0 saturated heterocycles. The maximum atomic E-state index is 13.2. The van der Waals surface area contributed by atoms with Gasteiger partial charge >= 0.3 is 0 Å². The quantitative estimate of drug-likeness (QED) is 0.781. The monoisotopic (exact) mass is 410 g/mol. The van der Waals surface area contributed by atoms with E-state index in [0.717, 1.165) is 12.8 Å². The average molecular weight is 410 g/mol. The lowest BCUT2D eigenvalue weighted by Gasteiger charge is -2.36. The summed E-state index contributed by atoms with van der Waals surface area (Å²) in [6.07, 6.45) is 1.76. The SMILES string of the molecule is Cc1nc(N[C@H]2C[C@@H](COc3ccc(F)cc3C#N)C2)nc2c1NC(=O)[C@H](C)N2C. The molecule has 2 N–H and O–H groups in total. The highest BCUT2D eigenvalue weighted by molar-refractivity contribution is 6.03. The molecule has 1 aliphatic carbocycles. The second-order valence-electron chi connectivity index (χ2n) is 7.85. The molecule has 1 aromatic carbocycles. The lowest BCUT2D eigenvalue weighted by molar-refractivity contribution is -0.117. The molecule has 4 rings (SSSR count). The molecule has 0 spiro atoms. The van der Waals surface area contributed by atoms with Gasteiger partial charge in [-0.25, -0.2) is 9.37 Å². The van der Waals surface area contributed by atoms with E-state index >= 15 is 0 Å². The first-order valence-corrected chi connectivity index (χ1v) is 9.87. The predicted molar refractivity (Wildman–Crippen MR) is 110 cm³/mol. The minimum Gasteiger partial charge on any atom is -0.492 e. The van der Waals surface area contributed by atoms with E-state index in [2.05, 4.69) is 20.6 Å². The topological polar surface area (TPSA) is 103 Å². The van der Waals surface area contributed by atoms with Gasteiger partial charge in [-0.2, -0.15) is 10.2 Å². The molecule has 0 unspecified atom stereocenters. The highest BCUT2D eigenvalue weighted by atomic mass is 19.1. The smallest absolute Gasteiger partial charge is 0.246 e. The number of rotatable bonds is 5. The molecule has 1 aliphatic heterocycles. The molecule has 156 valence electrons. The third kappa shape index (κ3) is 3.73. The molecule has 2 aromatic rings. The summed E-state index contributed by atoms with van der Waals surface area (Å²) in [6, 6.07) is 5.83. The summed E-state index contributed by atoms with van der Waals surface area (Å²) in [7, 11) is 1.85. The highest BCUT2D eigenvalue weighted by Crippen LogP contribution is 2.34. The lowest BCUT2D eigenvalue weighted by Crippen LogP contribution is -2.45. The van der Waals surface area contributed by atoms with Crippen molar-refractivity contribution in [3.8, 4) is 11.8 Å². The number of nitriles is 1. The Morgan fingerprint density at radius 1 is 1.40 bits per heavy atom. The van der Waals surface area contributed by atoms with Gasteiger partial charge in [0.25, 0.3) is 0 Å². The van der Waals surface area contributed by atoms with Crippen molar-refractivity contribution >= 4 is 23.4 Å². The van der Waals surface area contributed by atoms with Crippen LogP contribution in [0.15, 0.2) is 18.2 Å². The third-order valence-corrected chi connectivity index (χ3v) is 5.72. The molecule has 1 atom stereocenters. The Kier molecular flexibility index (Phi) is 5.16. The van der Waals surface area contributed by atoms with Gasteiger partial charge in [0.1, 0.15) is 29.4 Å². The minimum absolute atomic E-state index is 0.0695. The molecule has 8 nitrogen and oxygen atoms in total. The van der Waals surface area contributed by atoms with Crippen molar-refractivity contribution < 1.29 is 13.9 Å². The van der Waals surface area contributed by atoms with E-state index in [4.69, 9.17) is 10.00 Å². The number of benzene rings is 1. The number of nitrogens with zero attached hydrogens (tertiary/aromatic N) is 4. The summed E-state index contributed by atoms with van der Waals surface area (Å²) >= 11 is 0. The van der Waals surface area contributed by atoms with Crippen LogP contribution in [0, 0.1) is 30.0 Å². The minimum atomic E-state index is -0.452. The van der Waals surface area contributed by atoms with Gasteiger partial charge in [-0.3, -0.25) is 4.79 Å². The molecular formula is C21H23FN6O2. The van der Waals surface area contributed by atoms with E-state index in [0.29, 0.717) is 41.4 Å². The number of aryl methyl sites for hydroxylation is 1. The fourth-order valence-corrected chi connectivity index (χ4v) is 3.71. The maximum absolute atomic E-state index is 13.2. The second kappa shape index (κ2) is 7.78. The van der Waals surface area contributed by atoms with E-state index in [1.54, 1.807) is 0 Å². The van der Waals surface area contributed by atoms with Crippen molar-refractivity contribution in [2.45, 2.75) is 38.8 Å². The fourth-order valence-electron chi connectivity index (χ4n) is 3.71. The number of aromatic nitrogens is 2. The zero-order valence-electron chi connectivity index (χ0n) is 17.1. The highest BCUT2D eigenvalue weighted by Gasteiger charge is 2.33. The summed E-state index contributed by atoms with van der Waals surface area (Å²) in [5.41, 5.74) is 1.57. The number of fused-ring (bicyclic) bond motifs is 1. The molecule has 2 heterocycles. The first kappa shape index (κ1) is 19.9. The van der Waals surface area contributed by atoms with Crippen LogP contribution in [0.5, 0.6) is 5.75 Å². The molecule has 30 heavy (non-hydrogen) atoms. The normalized spacial score (nSPS) is 22.4. The van der Waals surface area contributed by atoms with Crippen LogP contribution in [0.4, 0.5) is 21.8 Å². The largest absolute Gasteiger partial charge is 0.492 e. The second-order valence-corrected chi connectivity index (χ2v) is 7.85. The van der Waals surface area contributed by atoms with Crippen LogP contribution in [0.2, 0.25) is 0 Å². The van der Waals surface area contributed by atoms with E-state index in [-0.39, 0.29) is 23.6 Å². The Balaban J connectivity index is 1.34. The van der Waals surface area contributed by atoms with Crippen LogP contribution >= 0.6 is 0 Å². The first-order chi connectivity index (χ1) is 14.4. The number of amides is 1. The Labute approximate surface area is 174 Å². The van der Waals surface area contributed by atoms with Gasteiger partial charge in [0, 0.05) is 13.1 Å². The van der Waals surface area contributed by atoms with Gasteiger partial charge in [-0.15, -0.1) is 0 Å². The third-order valence-electron chi connectivity index (χ3n) is 5.72. The fraction of sp³-hybridized carbons (Fsp3) is 0.429. The van der Waals surface area contributed by atoms with Crippen LogP contribution in [0.25, 0.3) is 0 Å². The molecular weight excluding hydrogens is 387 g/mol. The Morgan fingerprint density at radius 2 is 2.17 bits per heavy atom. The van der Waals surface area contributed by atoms with Gasteiger partial charge < -0.3 is 20.3 Å². The summed E-state index contributed by atoms with van der Waals surface area (Å²) in [5.74, 6) is 1.46. The summed E-state index contributed by atoms with van der Waals surface area (Å²) in [5, 5.41) is 15.3. The van der Waals surface area contributed by atoms with Gasteiger partial charge in [0.15, 0.2) is 5.82 Å². The Hall–Kier alpha value is -3.41. The molecule has 2 aliphatic rings. The van der Waals surface area contributed by atoms with Crippen molar-refractivity contribution in [1.29, 1.82) is 5.26 Å². The number of likely N-dealkylation sites (N-methyl/N-ethyl adjacent to an activating group) is 1. The van der Waals surface area contributed by atoms with Gasteiger partial charge in [0.05, 0.1) is 17.9 Å². The van der Waals surface area contributed by atoms with E-state index in [1.807, 2.05) is 31.9 Å². The molecule has 0 bridgehead atoms. The molecule has 1 saturated carbocycles. The molecule has 9 heteroatoms.